The lowest BCUT2D eigenvalue weighted by Gasteiger charge is -1.98. The molecule has 124 valence electrons. The van der Waals surface area contributed by atoms with Crippen molar-refractivity contribution in [1.82, 2.24) is 0 Å². The van der Waals surface area contributed by atoms with Crippen LogP contribution in [0.4, 0.5) is 0 Å². The molecule has 0 aromatic carbocycles. The van der Waals surface area contributed by atoms with Crippen LogP contribution in [0.1, 0.15) is 58.3 Å². The first-order chi connectivity index (χ1) is 10.2. The Morgan fingerprint density at radius 1 is 1.00 bits per heavy atom. The highest BCUT2D eigenvalue weighted by Crippen LogP contribution is 2.12. The number of carboxylic acid groups (broad SMARTS) is 1. The third-order valence-corrected chi connectivity index (χ3v) is 3.41. The van der Waals surface area contributed by atoms with Crippen LogP contribution in [0.5, 0.6) is 0 Å². The maximum absolute atomic E-state index is 10.1. The number of unbranched alkanes of at least 4 members (excludes halogenated alkanes) is 6. The van der Waals surface area contributed by atoms with Crippen molar-refractivity contribution in [1.29, 1.82) is 0 Å². The van der Waals surface area contributed by atoms with Gasteiger partial charge >= 0.3 is 5.97 Å². The topological polar surface area (TPSA) is 71.6 Å². The van der Waals surface area contributed by atoms with Crippen molar-refractivity contribution < 1.29 is 24.1 Å². The highest BCUT2D eigenvalue weighted by atomic mass is 16.6. The van der Waals surface area contributed by atoms with E-state index in [1.165, 1.54) is 32.1 Å². The Labute approximate surface area is 128 Å². The van der Waals surface area contributed by atoms with E-state index in [0.717, 1.165) is 39.3 Å². The molecular formula is C16H30O5. The van der Waals surface area contributed by atoms with Gasteiger partial charge in [-0.05, 0) is 6.42 Å². The van der Waals surface area contributed by atoms with Crippen molar-refractivity contribution in [2.75, 3.05) is 26.4 Å². The van der Waals surface area contributed by atoms with E-state index in [0.29, 0.717) is 18.6 Å². The van der Waals surface area contributed by atoms with Crippen molar-refractivity contribution in [2.24, 2.45) is 0 Å². The second-order valence-electron chi connectivity index (χ2n) is 5.71. The molecule has 0 aromatic rings. The van der Waals surface area contributed by atoms with E-state index in [9.17, 15) is 4.79 Å². The number of epoxide rings is 2. The van der Waals surface area contributed by atoms with Crippen molar-refractivity contribution in [3.63, 3.8) is 0 Å². The number of carboxylic acids is 1. The van der Waals surface area contributed by atoms with Gasteiger partial charge in [0.1, 0.15) is 12.2 Å². The zero-order valence-electron chi connectivity index (χ0n) is 13.2. The largest absolute Gasteiger partial charge is 0.481 e. The second kappa shape index (κ2) is 12.0. The van der Waals surface area contributed by atoms with E-state index in [1.54, 1.807) is 0 Å². The molecule has 0 spiro atoms. The smallest absolute Gasteiger partial charge is 0.303 e. The monoisotopic (exact) mass is 302 g/mol. The van der Waals surface area contributed by atoms with Crippen LogP contribution in [-0.2, 0) is 19.0 Å². The molecule has 2 unspecified atom stereocenters. The number of hydrogen-bond donors (Lipinski definition) is 1. The normalized spacial score (nSPS) is 22.3. The van der Waals surface area contributed by atoms with Gasteiger partial charge in [0.2, 0.25) is 0 Å². The van der Waals surface area contributed by atoms with Gasteiger partial charge < -0.3 is 19.3 Å². The van der Waals surface area contributed by atoms with E-state index in [1.807, 2.05) is 0 Å². The first-order valence-electron chi connectivity index (χ1n) is 8.25. The summed E-state index contributed by atoms with van der Waals surface area (Å²) in [6.07, 6.45) is 9.43. The fraction of sp³-hybridized carbons (Fsp3) is 0.938. The number of rotatable bonds is 12. The molecule has 0 bridgehead atoms. The van der Waals surface area contributed by atoms with Gasteiger partial charge in [-0.15, -0.1) is 0 Å². The Balaban J connectivity index is 0.000000216. The minimum Gasteiger partial charge on any atom is -0.481 e. The molecular weight excluding hydrogens is 272 g/mol. The molecule has 5 heteroatoms. The summed E-state index contributed by atoms with van der Waals surface area (Å²) in [7, 11) is 0. The molecule has 0 saturated carbocycles. The van der Waals surface area contributed by atoms with Crippen LogP contribution in [0.25, 0.3) is 0 Å². The third kappa shape index (κ3) is 14.1. The number of hydrogen-bond acceptors (Lipinski definition) is 4. The van der Waals surface area contributed by atoms with Crippen LogP contribution in [0.2, 0.25) is 0 Å². The van der Waals surface area contributed by atoms with Gasteiger partial charge in [0.05, 0.1) is 26.4 Å². The maximum atomic E-state index is 10.1. The standard InChI is InChI=1S/C10H20O2.C6H10O3/c1-2-3-4-5-6-7-8-9-10(11)12;1(5-3-8-5)7-2-6-4-9-6/h2-9H2,1H3,(H,11,12);5-6H,1-4H2. The summed E-state index contributed by atoms with van der Waals surface area (Å²) in [6, 6.07) is 0. The predicted molar refractivity (Wildman–Crippen MR) is 80.5 cm³/mol. The van der Waals surface area contributed by atoms with Crippen molar-refractivity contribution >= 4 is 5.97 Å². The average Bonchev–Trinajstić information content (AvgIpc) is 3.33. The molecule has 2 atom stereocenters. The van der Waals surface area contributed by atoms with Crippen LogP contribution < -0.4 is 0 Å². The SMILES string of the molecule is C(OCC1CO1)C1CO1.CCCCCCCCCC(=O)O. The molecule has 2 aliphatic heterocycles. The summed E-state index contributed by atoms with van der Waals surface area (Å²) in [4.78, 5) is 10.1. The summed E-state index contributed by atoms with van der Waals surface area (Å²) >= 11 is 0. The van der Waals surface area contributed by atoms with Crippen molar-refractivity contribution in [2.45, 2.75) is 70.5 Å². The van der Waals surface area contributed by atoms with Gasteiger partial charge in [0.25, 0.3) is 0 Å². The molecule has 0 amide bonds. The van der Waals surface area contributed by atoms with E-state index in [-0.39, 0.29) is 0 Å². The third-order valence-electron chi connectivity index (χ3n) is 3.41. The van der Waals surface area contributed by atoms with E-state index < -0.39 is 5.97 Å². The minimum atomic E-state index is -0.663. The summed E-state index contributed by atoms with van der Waals surface area (Å²) < 4.78 is 15.1. The van der Waals surface area contributed by atoms with Crippen molar-refractivity contribution in [3.05, 3.63) is 0 Å². The zero-order valence-corrected chi connectivity index (χ0v) is 13.2. The van der Waals surface area contributed by atoms with Crippen LogP contribution in [-0.4, -0.2) is 49.7 Å². The summed E-state index contributed by atoms with van der Waals surface area (Å²) in [5, 5.41) is 8.35. The molecule has 2 heterocycles. The fourth-order valence-electron chi connectivity index (χ4n) is 1.89. The van der Waals surface area contributed by atoms with Crippen LogP contribution in [0, 0.1) is 0 Å². The summed E-state index contributed by atoms with van der Waals surface area (Å²) in [6.45, 7) is 5.46. The number of ether oxygens (including phenoxy) is 3. The molecule has 2 fully saturated rings. The Bertz CT molecular complexity index is 249. The lowest BCUT2D eigenvalue weighted by atomic mass is 10.1. The lowest BCUT2D eigenvalue weighted by Crippen LogP contribution is -2.06. The van der Waals surface area contributed by atoms with E-state index >= 15 is 0 Å². The van der Waals surface area contributed by atoms with Crippen LogP contribution >= 0.6 is 0 Å². The maximum Gasteiger partial charge on any atom is 0.303 e. The predicted octanol–water partition coefficient (Wildman–Crippen LogP) is 3.01. The molecule has 0 aromatic heterocycles. The Kier molecular flexibility index (Phi) is 10.5. The van der Waals surface area contributed by atoms with Gasteiger partial charge in [0, 0.05) is 6.42 Å². The van der Waals surface area contributed by atoms with Gasteiger partial charge in [-0.2, -0.15) is 0 Å². The first-order valence-corrected chi connectivity index (χ1v) is 8.25. The fourth-order valence-corrected chi connectivity index (χ4v) is 1.89. The molecule has 2 rings (SSSR count). The van der Waals surface area contributed by atoms with Gasteiger partial charge in [-0.3, -0.25) is 4.79 Å². The van der Waals surface area contributed by atoms with Gasteiger partial charge in [-0.25, -0.2) is 0 Å². The highest BCUT2D eigenvalue weighted by molar-refractivity contribution is 5.66. The number of aliphatic carboxylic acids is 1. The highest BCUT2D eigenvalue weighted by Gasteiger charge is 2.26. The Morgan fingerprint density at radius 3 is 1.90 bits per heavy atom. The molecule has 2 aliphatic rings. The molecule has 0 radical (unpaired) electrons. The molecule has 21 heavy (non-hydrogen) atoms. The summed E-state index contributed by atoms with van der Waals surface area (Å²) in [5.74, 6) is -0.663. The van der Waals surface area contributed by atoms with Gasteiger partial charge in [-0.1, -0.05) is 45.4 Å². The average molecular weight is 302 g/mol. The molecule has 0 aliphatic carbocycles. The first kappa shape index (κ1) is 18.4. The van der Waals surface area contributed by atoms with Crippen LogP contribution in [0.3, 0.4) is 0 Å². The lowest BCUT2D eigenvalue weighted by molar-refractivity contribution is -0.137. The molecule has 2 saturated heterocycles. The second-order valence-corrected chi connectivity index (χ2v) is 5.71. The molecule has 5 nitrogen and oxygen atoms in total. The van der Waals surface area contributed by atoms with E-state index in [4.69, 9.17) is 19.3 Å². The van der Waals surface area contributed by atoms with Gasteiger partial charge in [0.15, 0.2) is 0 Å². The zero-order chi connectivity index (χ0) is 15.3. The minimum absolute atomic E-state index is 0.341. The number of carbonyl (C=O) groups is 1. The Morgan fingerprint density at radius 2 is 1.48 bits per heavy atom. The van der Waals surface area contributed by atoms with Crippen molar-refractivity contribution in [3.8, 4) is 0 Å². The quantitative estimate of drug-likeness (QED) is 0.443. The van der Waals surface area contributed by atoms with Crippen LogP contribution in [0.15, 0.2) is 0 Å². The van der Waals surface area contributed by atoms with E-state index in [2.05, 4.69) is 6.92 Å². The molecule has 1 N–H and O–H groups in total. The Hall–Kier alpha value is -0.650. The summed E-state index contributed by atoms with van der Waals surface area (Å²) in [5.41, 5.74) is 0.